The van der Waals surface area contributed by atoms with Crippen molar-refractivity contribution in [1.82, 2.24) is 25.5 Å². The van der Waals surface area contributed by atoms with E-state index in [1.807, 2.05) is 30.3 Å². The van der Waals surface area contributed by atoms with Gasteiger partial charge in [-0.2, -0.15) is 5.06 Å². The Balaban J connectivity index is 1.25. The molecule has 2 amide bonds. The summed E-state index contributed by atoms with van der Waals surface area (Å²) in [6.07, 6.45) is 2.48. The number of rotatable bonds is 6. The Morgan fingerprint density at radius 3 is 2.81 bits per heavy atom. The van der Waals surface area contributed by atoms with Gasteiger partial charge in [-0.25, -0.2) is 4.79 Å². The van der Waals surface area contributed by atoms with E-state index in [-0.39, 0.29) is 18.1 Å². The number of hydroxylamine groups is 2. The van der Waals surface area contributed by atoms with Crippen LogP contribution in [-0.2, 0) is 17.9 Å². The molecule has 8 nitrogen and oxygen atoms in total. The molecular weight excluding hydrogens is 346 g/mol. The van der Waals surface area contributed by atoms with Crippen molar-refractivity contribution < 1.29 is 14.0 Å². The minimum Gasteiger partial charge on any atom is -0.423 e. The number of fused-ring (bicyclic) bond motifs is 2. The van der Waals surface area contributed by atoms with Crippen LogP contribution < -0.4 is 5.32 Å². The van der Waals surface area contributed by atoms with Gasteiger partial charge >= 0.3 is 6.03 Å². The lowest BCUT2D eigenvalue weighted by Gasteiger charge is -2.27. The van der Waals surface area contributed by atoms with Crippen LogP contribution in [-0.4, -0.2) is 51.9 Å². The Labute approximate surface area is 157 Å². The maximum atomic E-state index is 12.9. The summed E-state index contributed by atoms with van der Waals surface area (Å²) in [6, 6.07) is 9.71. The fraction of sp³-hybridized carbons (Fsp3) is 0.526. The van der Waals surface area contributed by atoms with Crippen LogP contribution in [0.4, 0.5) is 4.79 Å². The maximum absolute atomic E-state index is 12.9. The molecule has 2 atom stereocenters. The number of nitrogens with zero attached hydrogens (tertiary/aromatic N) is 4. The van der Waals surface area contributed by atoms with E-state index in [0.717, 1.165) is 37.9 Å². The van der Waals surface area contributed by atoms with Crippen molar-refractivity contribution in [3.63, 3.8) is 0 Å². The number of aromatic nitrogens is 2. The van der Waals surface area contributed by atoms with Gasteiger partial charge in [0.1, 0.15) is 12.6 Å². The van der Waals surface area contributed by atoms with Crippen molar-refractivity contribution in [1.29, 1.82) is 0 Å². The average Bonchev–Trinajstić information content (AvgIpc) is 3.22. The number of carbonyl (C=O) groups is 1. The highest BCUT2D eigenvalue weighted by molar-refractivity contribution is 5.77. The second-order valence-electron chi connectivity index (χ2n) is 7.53. The average molecular weight is 369 g/mol. The van der Waals surface area contributed by atoms with Crippen molar-refractivity contribution in [3.8, 4) is 0 Å². The van der Waals surface area contributed by atoms with Gasteiger partial charge in [0, 0.05) is 13.0 Å². The Kier molecular flexibility index (Phi) is 4.29. The Hall–Kier alpha value is -2.45. The van der Waals surface area contributed by atoms with E-state index < -0.39 is 0 Å². The van der Waals surface area contributed by atoms with Crippen molar-refractivity contribution in [3.05, 3.63) is 47.7 Å². The first-order valence-corrected chi connectivity index (χ1v) is 9.57. The lowest BCUT2D eigenvalue weighted by atomic mass is 10.00. The minimum absolute atomic E-state index is 0.0842. The number of hydrogen-bond acceptors (Lipinski definition) is 6. The van der Waals surface area contributed by atoms with Crippen LogP contribution >= 0.6 is 0 Å². The quantitative estimate of drug-likeness (QED) is 0.837. The molecule has 2 bridgehead atoms. The first-order valence-electron chi connectivity index (χ1n) is 9.57. The molecule has 3 aliphatic rings. The van der Waals surface area contributed by atoms with E-state index in [1.54, 1.807) is 4.90 Å². The van der Waals surface area contributed by atoms with Gasteiger partial charge in [-0.05, 0) is 37.4 Å². The van der Waals surface area contributed by atoms with Crippen LogP contribution in [0.3, 0.4) is 0 Å². The van der Waals surface area contributed by atoms with Crippen LogP contribution in [0.5, 0.6) is 0 Å². The van der Waals surface area contributed by atoms with E-state index in [1.165, 1.54) is 5.06 Å². The summed E-state index contributed by atoms with van der Waals surface area (Å²) >= 11 is 0. The largest absolute Gasteiger partial charge is 0.423 e. The van der Waals surface area contributed by atoms with Crippen LogP contribution in [0.15, 0.2) is 34.7 Å². The van der Waals surface area contributed by atoms with Gasteiger partial charge in [0.05, 0.1) is 6.04 Å². The highest BCUT2D eigenvalue weighted by Crippen LogP contribution is 2.38. The molecule has 0 radical (unpaired) electrons. The van der Waals surface area contributed by atoms with Crippen molar-refractivity contribution >= 4 is 6.03 Å². The fourth-order valence-corrected chi connectivity index (χ4v) is 4.00. The predicted molar refractivity (Wildman–Crippen MR) is 95.3 cm³/mol. The first kappa shape index (κ1) is 16.7. The molecule has 142 valence electrons. The molecule has 1 aromatic carbocycles. The van der Waals surface area contributed by atoms with Gasteiger partial charge in [-0.3, -0.25) is 4.84 Å². The van der Waals surface area contributed by atoms with E-state index in [0.29, 0.717) is 30.9 Å². The SMILES string of the molecule is O=C1N2C[C@@H](CC[C@H]2c2nnc(CC3CNC3)o2)N1OCc1ccccc1. The van der Waals surface area contributed by atoms with Gasteiger partial charge in [-0.15, -0.1) is 10.2 Å². The molecule has 3 aliphatic heterocycles. The maximum Gasteiger partial charge on any atom is 0.345 e. The predicted octanol–water partition coefficient (Wildman–Crippen LogP) is 1.90. The lowest BCUT2D eigenvalue weighted by molar-refractivity contribution is -0.140. The van der Waals surface area contributed by atoms with Crippen molar-refractivity contribution in [2.24, 2.45) is 5.92 Å². The van der Waals surface area contributed by atoms with Crippen LogP contribution in [0, 0.1) is 5.92 Å². The Bertz CT molecular complexity index is 807. The Morgan fingerprint density at radius 2 is 2.04 bits per heavy atom. The fourth-order valence-electron chi connectivity index (χ4n) is 4.00. The van der Waals surface area contributed by atoms with E-state index in [9.17, 15) is 4.79 Å². The van der Waals surface area contributed by atoms with Crippen LogP contribution in [0.1, 0.15) is 36.2 Å². The molecule has 3 fully saturated rings. The van der Waals surface area contributed by atoms with Crippen molar-refractivity contribution in [2.45, 2.75) is 38.0 Å². The lowest BCUT2D eigenvalue weighted by Crippen LogP contribution is -2.43. The summed E-state index contributed by atoms with van der Waals surface area (Å²) in [5.74, 6) is 1.79. The highest BCUT2D eigenvalue weighted by Gasteiger charge is 2.47. The van der Waals surface area contributed by atoms with Gasteiger partial charge < -0.3 is 14.6 Å². The number of urea groups is 1. The molecule has 5 rings (SSSR count). The summed E-state index contributed by atoms with van der Waals surface area (Å²) in [6.45, 7) is 3.03. The number of carbonyl (C=O) groups excluding carboxylic acids is 1. The number of piperidine rings is 1. The standard InChI is InChI=1S/C19H23N5O3/c25-19-23-11-15(24(19)26-12-13-4-2-1-3-5-13)6-7-16(23)18-22-21-17(27-18)8-14-9-20-10-14/h1-5,14-16,20H,6-12H2/t15-,16+/m1/s1. The third-order valence-electron chi connectivity index (χ3n) is 5.63. The summed E-state index contributed by atoms with van der Waals surface area (Å²) in [5.41, 5.74) is 1.05. The molecule has 1 N–H and O–H groups in total. The summed E-state index contributed by atoms with van der Waals surface area (Å²) < 4.78 is 5.89. The van der Waals surface area contributed by atoms with Crippen LogP contribution in [0.25, 0.3) is 0 Å². The van der Waals surface area contributed by atoms with E-state index in [4.69, 9.17) is 9.25 Å². The second kappa shape index (κ2) is 6.94. The molecule has 3 saturated heterocycles. The number of amides is 2. The molecule has 8 heteroatoms. The summed E-state index contributed by atoms with van der Waals surface area (Å²) in [7, 11) is 0. The van der Waals surface area contributed by atoms with Crippen LogP contribution in [0.2, 0.25) is 0 Å². The number of benzene rings is 1. The molecule has 27 heavy (non-hydrogen) atoms. The van der Waals surface area contributed by atoms with E-state index >= 15 is 0 Å². The Morgan fingerprint density at radius 1 is 1.19 bits per heavy atom. The first-order chi connectivity index (χ1) is 13.3. The highest BCUT2D eigenvalue weighted by atomic mass is 16.7. The summed E-state index contributed by atoms with van der Waals surface area (Å²) in [4.78, 5) is 20.5. The molecule has 2 aromatic rings. The zero-order chi connectivity index (χ0) is 18.2. The van der Waals surface area contributed by atoms with E-state index in [2.05, 4.69) is 15.5 Å². The van der Waals surface area contributed by atoms with Gasteiger partial charge in [-0.1, -0.05) is 30.3 Å². The monoisotopic (exact) mass is 369 g/mol. The summed E-state index contributed by atoms with van der Waals surface area (Å²) in [5, 5.41) is 13.2. The molecule has 1 aromatic heterocycles. The zero-order valence-corrected chi connectivity index (χ0v) is 15.1. The third-order valence-corrected chi connectivity index (χ3v) is 5.63. The smallest absolute Gasteiger partial charge is 0.345 e. The minimum atomic E-state index is -0.153. The molecule has 0 unspecified atom stereocenters. The van der Waals surface area contributed by atoms with Gasteiger partial charge in [0.15, 0.2) is 0 Å². The second-order valence-corrected chi connectivity index (χ2v) is 7.53. The number of nitrogens with one attached hydrogen (secondary N) is 1. The zero-order valence-electron chi connectivity index (χ0n) is 15.1. The normalized spacial score (nSPS) is 25.1. The van der Waals surface area contributed by atoms with Crippen molar-refractivity contribution in [2.75, 3.05) is 19.6 Å². The molecule has 0 spiro atoms. The van der Waals surface area contributed by atoms with Gasteiger partial charge in [0.2, 0.25) is 11.8 Å². The molecule has 0 aliphatic carbocycles. The third kappa shape index (κ3) is 3.19. The number of hydrogen-bond donors (Lipinski definition) is 1. The molecule has 4 heterocycles. The van der Waals surface area contributed by atoms with Gasteiger partial charge in [0.25, 0.3) is 0 Å². The molecular formula is C19H23N5O3. The molecule has 0 saturated carbocycles. The topological polar surface area (TPSA) is 83.7 Å².